The minimum absolute atomic E-state index is 0.208. The number of anilines is 2. The maximum Gasteiger partial charge on any atom is 0.242 e. The third kappa shape index (κ3) is 2.73. The molecule has 0 aromatic heterocycles. The Kier molecular flexibility index (Phi) is 3.89. The Morgan fingerprint density at radius 2 is 1.83 bits per heavy atom. The molecule has 0 spiro atoms. The SMILES string of the molecule is Nc1cccc2c1CCCN2CC(=O)N1CCc2ccccc2C1. The van der Waals surface area contributed by atoms with E-state index in [0.29, 0.717) is 6.54 Å². The number of benzene rings is 2. The van der Waals surface area contributed by atoms with Crippen LogP contribution in [0, 0.1) is 0 Å². The van der Waals surface area contributed by atoms with Crippen molar-refractivity contribution in [1.82, 2.24) is 4.90 Å². The van der Waals surface area contributed by atoms with Crippen LogP contribution in [0.3, 0.4) is 0 Å². The number of nitrogens with zero attached hydrogens (tertiary/aromatic N) is 2. The van der Waals surface area contributed by atoms with Gasteiger partial charge in [0.05, 0.1) is 6.54 Å². The lowest BCUT2D eigenvalue weighted by molar-refractivity contribution is -0.130. The molecule has 4 nitrogen and oxygen atoms in total. The second-order valence-electron chi connectivity index (χ2n) is 6.70. The summed E-state index contributed by atoms with van der Waals surface area (Å²) in [5.74, 6) is 0.208. The van der Waals surface area contributed by atoms with Crippen molar-refractivity contribution in [3.8, 4) is 0 Å². The molecule has 1 amide bonds. The van der Waals surface area contributed by atoms with Gasteiger partial charge in [0, 0.05) is 31.0 Å². The number of amides is 1. The molecule has 124 valence electrons. The first-order chi connectivity index (χ1) is 11.7. The standard InChI is InChI=1S/C20H23N3O/c21-18-8-3-9-19-17(18)7-4-11-22(19)14-20(24)23-12-10-15-5-1-2-6-16(15)13-23/h1-3,5-6,8-9H,4,7,10-14,21H2. The fourth-order valence-electron chi connectivity index (χ4n) is 3.86. The van der Waals surface area contributed by atoms with E-state index in [4.69, 9.17) is 5.73 Å². The average molecular weight is 321 g/mol. The summed E-state index contributed by atoms with van der Waals surface area (Å²) in [7, 11) is 0. The normalized spacial score (nSPS) is 16.5. The minimum atomic E-state index is 0.208. The number of carbonyl (C=O) groups excluding carboxylic acids is 1. The van der Waals surface area contributed by atoms with Crippen molar-refractivity contribution in [2.75, 3.05) is 30.3 Å². The zero-order valence-electron chi connectivity index (χ0n) is 13.9. The third-order valence-corrected chi connectivity index (χ3v) is 5.19. The van der Waals surface area contributed by atoms with Crippen LogP contribution in [-0.4, -0.2) is 30.4 Å². The van der Waals surface area contributed by atoms with Gasteiger partial charge in [0.1, 0.15) is 0 Å². The summed E-state index contributed by atoms with van der Waals surface area (Å²) in [5, 5.41) is 0. The largest absolute Gasteiger partial charge is 0.398 e. The van der Waals surface area contributed by atoms with Crippen LogP contribution in [0.15, 0.2) is 42.5 Å². The van der Waals surface area contributed by atoms with Gasteiger partial charge in [-0.2, -0.15) is 0 Å². The monoisotopic (exact) mass is 321 g/mol. The highest BCUT2D eigenvalue weighted by molar-refractivity contribution is 5.83. The molecule has 2 aliphatic rings. The van der Waals surface area contributed by atoms with Gasteiger partial charge in [-0.1, -0.05) is 30.3 Å². The number of fused-ring (bicyclic) bond motifs is 2. The maximum absolute atomic E-state index is 12.8. The molecule has 0 unspecified atom stereocenters. The molecule has 4 rings (SSSR count). The lowest BCUT2D eigenvalue weighted by Gasteiger charge is -2.35. The van der Waals surface area contributed by atoms with E-state index in [1.807, 2.05) is 17.0 Å². The molecule has 2 aromatic carbocycles. The summed E-state index contributed by atoms with van der Waals surface area (Å²) in [6.07, 6.45) is 3.01. The quantitative estimate of drug-likeness (QED) is 0.865. The highest BCUT2D eigenvalue weighted by Crippen LogP contribution is 2.31. The summed E-state index contributed by atoms with van der Waals surface area (Å²) in [6, 6.07) is 14.4. The Hall–Kier alpha value is -2.49. The van der Waals surface area contributed by atoms with Gasteiger partial charge in [0.2, 0.25) is 5.91 Å². The number of hydrogen-bond donors (Lipinski definition) is 1. The first-order valence-corrected chi connectivity index (χ1v) is 8.69. The van der Waals surface area contributed by atoms with Gasteiger partial charge in [-0.15, -0.1) is 0 Å². The Labute approximate surface area is 142 Å². The van der Waals surface area contributed by atoms with Gasteiger partial charge in [0.25, 0.3) is 0 Å². The van der Waals surface area contributed by atoms with Crippen molar-refractivity contribution in [3.63, 3.8) is 0 Å². The molecule has 0 atom stereocenters. The van der Waals surface area contributed by atoms with Gasteiger partial charge in [-0.3, -0.25) is 4.79 Å². The summed E-state index contributed by atoms with van der Waals surface area (Å²) in [4.78, 5) is 17.0. The van der Waals surface area contributed by atoms with Crippen molar-refractivity contribution in [1.29, 1.82) is 0 Å². The molecule has 0 radical (unpaired) electrons. The number of carbonyl (C=O) groups is 1. The van der Waals surface area contributed by atoms with E-state index in [1.54, 1.807) is 0 Å². The fourth-order valence-corrected chi connectivity index (χ4v) is 3.86. The van der Waals surface area contributed by atoms with Crippen molar-refractivity contribution in [2.45, 2.75) is 25.8 Å². The molecule has 24 heavy (non-hydrogen) atoms. The van der Waals surface area contributed by atoms with E-state index in [-0.39, 0.29) is 5.91 Å². The van der Waals surface area contributed by atoms with Gasteiger partial charge in [-0.05, 0) is 48.1 Å². The lowest BCUT2D eigenvalue weighted by atomic mass is 9.99. The van der Waals surface area contributed by atoms with Crippen LogP contribution in [0.2, 0.25) is 0 Å². The van der Waals surface area contributed by atoms with E-state index < -0.39 is 0 Å². The number of hydrogen-bond acceptors (Lipinski definition) is 3. The molecule has 2 aliphatic heterocycles. The molecule has 0 bridgehead atoms. The fraction of sp³-hybridized carbons (Fsp3) is 0.350. The molecule has 2 heterocycles. The first-order valence-electron chi connectivity index (χ1n) is 8.69. The Bertz CT molecular complexity index is 771. The van der Waals surface area contributed by atoms with E-state index in [0.717, 1.165) is 50.3 Å². The first kappa shape index (κ1) is 15.1. The Morgan fingerprint density at radius 3 is 2.71 bits per heavy atom. The molecule has 2 N–H and O–H groups in total. The van der Waals surface area contributed by atoms with Crippen molar-refractivity contribution < 1.29 is 4.79 Å². The van der Waals surface area contributed by atoms with E-state index >= 15 is 0 Å². The maximum atomic E-state index is 12.8. The number of rotatable bonds is 2. The van der Waals surface area contributed by atoms with Crippen LogP contribution in [0.25, 0.3) is 0 Å². The molecular formula is C20H23N3O. The number of nitrogen functional groups attached to an aromatic ring is 1. The van der Waals surface area contributed by atoms with Crippen molar-refractivity contribution >= 4 is 17.3 Å². The summed E-state index contributed by atoms with van der Waals surface area (Å²) >= 11 is 0. The van der Waals surface area contributed by atoms with Crippen LogP contribution >= 0.6 is 0 Å². The summed E-state index contributed by atoms with van der Waals surface area (Å²) < 4.78 is 0. The van der Waals surface area contributed by atoms with E-state index in [1.165, 1.54) is 16.7 Å². The Morgan fingerprint density at radius 1 is 1.00 bits per heavy atom. The predicted octanol–water partition coefficient (Wildman–Crippen LogP) is 2.61. The van der Waals surface area contributed by atoms with Crippen LogP contribution < -0.4 is 10.6 Å². The second-order valence-corrected chi connectivity index (χ2v) is 6.70. The Balaban J connectivity index is 1.49. The second kappa shape index (κ2) is 6.19. The molecule has 0 saturated heterocycles. The van der Waals surface area contributed by atoms with Crippen LogP contribution in [-0.2, 0) is 24.2 Å². The van der Waals surface area contributed by atoms with Crippen molar-refractivity contribution in [3.05, 3.63) is 59.2 Å². The molecule has 2 aromatic rings. The van der Waals surface area contributed by atoms with Crippen molar-refractivity contribution in [2.24, 2.45) is 0 Å². The average Bonchev–Trinajstić information content (AvgIpc) is 2.62. The van der Waals surface area contributed by atoms with E-state index in [2.05, 4.69) is 35.2 Å². The molecule has 0 aliphatic carbocycles. The molecule has 0 saturated carbocycles. The third-order valence-electron chi connectivity index (χ3n) is 5.19. The zero-order chi connectivity index (χ0) is 16.5. The van der Waals surface area contributed by atoms with Crippen LogP contribution in [0.4, 0.5) is 11.4 Å². The smallest absolute Gasteiger partial charge is 0.242 e. The minimum Gasteiger partial charge on any atom is -0.398 e. The van der Waals surface area contributed by atoms with Gasteiger partial charge in [0.15, 0.2) is 0 Å². The van der Waals surface area contributed by atoms with Crippen LogP contribution in [0.5, 0.6) is 0 Å². The highest BCUT2D eigenvalue weighted by atomic mass is 16.2. The predicted molar refractivity (Wildman–Crippen MR) is 97.0 cm³/mol. The van der Waals surface area contributed by atoms with E-state index in [9.17, 15) is 4.79 Å². The van der Waals surface area contributed by atoms with Gasteiger partial charge < -0.3 is 15.5 Å². The lowest BCUT2D eigenvalue weighted by Crippen LogP contribution is -2.44. The zero-order valence-corrected chi connectivity index (χ0v) is 13.9. The van der Waals surface area contributed by atoms with Gasteiger partial charge in [-0.25, -0.2) is 0 Å². The van der Waals surface area contributed by atoms with Crippen LogP contribution in [0.1, 0.15) is 23.1 Å². The van der Waals surface area contributed by atoms with Gasteiger partial charge >= 0.3 is 0 Å². The number of nitrogens with two attached hydrogens (primary N) is 1. The highest BCUT2D eigenvalue weighted by Gasteiger charge is 2.25. The topological polar surface area (TPSA) is 49.6 Å². The molecule has 0 fully saturated rings. The molecule has 4 heteroatoms. The molecular weight excluding hydrogens is 298 g/mol. The summed E-state index contributed by atoms with van der Waals surface area (Å²) in [5.41, 5.74) is 11.9. The summed E-state index contributed by atoms with van der Waals surface area (Å²) in [6.45, 7) is 2.91.